The molecular weight excluding hydrogens is 272 g/mol. The lowest BCUT2D eigenvalue weighted by molar-refractivity contribution is -0.132. The van der Waals surface area contributed by atoms with Crippen LogP contribution in [0.25, 0.3) is 12.2 Å². The topological polar surface area (TPSA) is 87.0 Å². The summed E-state index contributed by atoms with van der Waals surface area (Å²) in [4.78, 5) is 10.9. The molecule has 0 bridgehead atoms. The summed E-state index contributed by atoms with van der Waals surface area (Å²) < 4.78 is 4.87. The fourth-order valence-electron chi connectivity index (χ4n) is 1.78. The second-order valence-electron chi connectivity index (χ2n) is 4.44. The van der Waals surface area contributed by atoms with E-state index in [2.05, 4.69) is 0 Å². The lowest BCUT2D eigenvalue weighted by Crippen LogP contribution is -2.01. The molecule has 0 aliphatic carbocycles. The molecular formula is C16H14O5. The maximum Gasteiger partial charge on any atom is 0.308 e. The zero-order valence-corrected chi connectivity index (χ0v) is 11.3. The van der Waals surface area contributed by atoms with E-state index in [0.29, 0.717) is 11.1 Å². The second-order valence-corrected chi connectivity index (χ2v) is 4.44. The summed E-state index contributed by atoms with van der Waals surface area (Å²) in [5, 5.41) is 28.3. The van der Waals surface area contributed by atoms with Crippen molar-refractivity contribution in [3.8, 4) is 23.0 Å². The third-order valence-electron chi connectivity index (χ3n) is 2.63. The SMILES string of the molecule is CC(=O)Oc1cc(/C=C/c2cc(O)cc(O)c2)ccc1O. The number of rotatable bonds is 3. The summed E-state index contributed by atoms with van der Waals surface area (Å²) in [6, 6.07) is 8.78. The summed E-state index contributed by atoms with van der Waals surface area (Å²) >= 11 is 0. The van der Waals surface area contributed by atoms with E-state index in [0.717, 1.165) is 0 Å². The predicted molar refractivity (Wildman–Crippen MR) is 78.1 cm³/mol. The molecule has 0 saturated heterocycles. The number of phenolic OH excluding ortho intramolecular Hbond substituents is 3. The lowest BCUT2D eigenvalue weighted by Gasteiger charge is -2.05. The Morgan fingerprint density at radius 1 is 0.952 bits per heavy atom. The first kappa shape index (κ1) is 14.5. The smallest absolute Gasteiger partial charge is 0.308 e. The van der Waals surface area contributed by atoms with Crippen molar-refractivity contribution in [3.05, 3.63) is 47.5 Å². The molecule has 0 fully saturated rings. The highest BCUT2D eigenvalue weighted by Crippen LogP contribution is 2.28. The Morgan fingerprint density at radius 3 is 2.19 bits per heavy atom. The van der Waals surface area contributed by atoms with E-state index in [9.17, 15) is 20.1 Å². The Labute approximate surface area is 121 Å². The van der Waals surface area contributed by atoms with Crippen LogP contribution in [0.15, 0.2) is 36.4 Å². The Morgan fingerprint density at radius 2 is 1.57 bits per heavy atom. The maximum atomic E-state index is 10.9. The average molecular weight is 286 g/mol. The van der Waals surface area contributed by atoms with Gasteiger partial charge >= 0.3 is 5.97 Å². The second kappa shape index (κ2) is 6.00. The molecule has 0 atom stereocenters. The van der Waals surface area contributed by atoms with E-state index in [1.54, 1.807) is 18.2 Å². The predicted octanol–water partition coefficient (Wildman–Crippen LogP) is 2.90. The molecule has 0 heterocycles. The molecule has 5 nitrogen and oxygen atoms in total. The van der Waals surface area contributed by atoms with Crippen molar-refractivity contribution >= 4 is 18.1 Å². The first-order valence-corrected chi connectivity index (χ1v) is 6.16. The van der Waals surface area contributed by atoms with Crippen LogP contribution >= 0.6 is 0 Å². The van der Waals surface area contributed by atoms with Crippen LogP contribution in [-0.4, -0.2) is 21.3 Å². The van der Waals surface area contributed by atoms with Gasteiger partial charge in [0.05, 0.1) is 0 Å². The Bertz CT molecular complexity index is 684. The highest BCUT2D eigenvalue weighted by atomic mass is 16.5. The number of phenols is 3. The molecule has 0 saturated carbocycles. The van der Waals surface area contributed by atoms with E-state index >= 15 is 0 Å². The molecule has 5 heteroatoms. The number of hydrogen-bond acceptors (Lipinski definition) is 5. The van der Waals surface area contributed by atoms with Gasteiger partial charge in [-0.05, 0) is 35.4 Å². The largest absolute Gasteiger partial charge is 0.508 e. The van der Waals surface area contributed by atoms with Crippen molar-refractivity contribution in [2.24, 2.45) is 0 Å². The number of carbonyl (C=O) groups excluding carboxylic acids is 1. The van der Waals surface area contributed by atoms with Gasteiger partial charge in [-0.15, -0.1) is 0 Å². The van der Waals surface area contributed by atoms with Crippen LogP contribution in [0.3, 0.4) is 0 Å². The highest BCUT2D eigenvalue weighted by Gasteiger charge is 2.05. The molecule has 2 aromatic rings. The first-order valence-electron chi connectivity index (χ1n) is 6.16. The summed E-state index contributed by atoms with van der Waals surface area (Å²) in [6.45, 7) is 1.25. The third kappa shape index (κ3) is 4.01. The third-order valence-corrected chi connectivity index (χ3v) is 2.63. The molecule has 21 heavy (non-hydrogen) atoms. The van der Waals surface area contributed by atoms with Crippen molar-refractivity contribution in [2.75, 3.05) is 0 Å². The van der Waals surface area contributed by atoms with Crippen LogP contribution in [0.2, 0.25) is 0 Å². The monoisotopic (exact) mass is 286 g/mol. The molecule has 2 aromatic carbocycles. The molecule has 0 radical (unpaired) electrons. The lowest BCUT2D eigenvalue weighted by atomic mass is 10.1. The molecule has 0 aliphatic rings. The highest BCUT2D eigenvalue weighted by molar-refractivity contribution is 5.74. The standard InChI is InChI=1S/C16H14O5/c1-10(17)21-16-8-11(4-5-15(16)20)2-3-12-6-13(18)9-14(19)7-12/h2-9,18-20H,1H3/b3-2+. The van der Waals surface area contributed by atoms with E-state index in [4.69, 9.17) is 4.74 Å². The maximum absolute atomic E-state index is 10.9. The van der Waals surface area contributed by atoms with E-state index in [1.165, 1.54) is 37.3 Å². The molecule has 0 amide bonds. The zero-order valence-electron chi connectivity index (χ0n) is 11.3. The quantitative estimate of drug-likeness (QED) is 0.459. The molecule has 0 aromatic heterocycles. The van der Waals surface area contributed by atoms with Crippen molar-refractivity contribution in [1.82, 2.24) is 0 Å². The summed E-state index contributed by atoms with van der Waals surface area (Å²) in [7, 11) is 0. The number of benzene rings is 2. The van der Waals surface area contributed by atoms with Crippen molar-refractivity contribution in [3.63, 3.8) is 0 Å². The number of esters is 1. The molecule has 0 unspecified atom stereocenters. The minimum atomic E-state index is -0.524. The van der Waals surface area contributed by atoms with Gasteiger partial charge in [0.1, 0.15) is 11.5 Å². The van der Waals surface area contributed by atoms with Gasteiger partial charge in [-0.3, -0.25) is 4.79 Å². The van der Waals surface area contributed by atoms with Crippen LogP contribution in [-0.2, 0) is 4.79 Å². The van der Waals surface area contributed by atoms with Crippen LogP contribution in [0.5, 0.6) is 23.0 Å². The van der Waals surface area contributed by atoms with E-state index < -0.39 is 5.97 Å². The van der Waals surface area contributed by atoms with Gasteiger partial charge in [0, 0.05) is 13.0 Å². The van der Waals surface area contributed by atoms with E-state index in [-0.39, 0.29) is 23.0 Å². The Kier molecular flexibility index (Phi) is 4.13. The van der Waals surface area contributed by atoms with Gasteiger partial charge in [0.15, 0.2) is 11.5 Å². The molecule has 0 spiro atoms. The Hall–Kier alpha value is -2.95. The molecule has 2 rings (SSSR count). The summed E-state index contributed by atoms with van der Waals surface area (Å²) in [5.41, 5.74) is 1.29. The minimum Gasteiger partial charge on any atom is -0.508 e. The van der Waals surface area contributed by atoms with Crippen LogP contribution < -0.4 is 4.74 Å². The van der Waals surface area contributed by atoms with Crippen molar-refractivity contribution < 1.29 is 24.9 Å². The van der Waals surface area contributed by atoms with Gasteiger partial charge in [-0.2, -0.15) is 0 Å². The van der Waals surface area contributed by atoms with Crippen LogP contribution in [0, 0.1) is 0 Å². The van der Waals surface area contributed by atoms with Crippen LogP contribution in [0.4, 0.5) is 0 Å². The number of aromatic hydroxyl groups is 3. The van der Waals surface area contributed by atoms with Crippen LogP contribution in [0.1, 0.15) is 18.1 Å². The fourth-order valence-corrected chi connectivity index (χ4v) is 1.78. The molecule has 0 aliphatic heterocycles. The fraction of sp³-hybridized carbons (Fsp3) is 0.0625. The van der Waals surface area contributed by atoms with Gasteiger partial charge in [0.25, 0.3) is 0 Å². The summed E-state index contributed by atoms with van der Waals surface area (Å²) in [6.07, 6.45) is 3.37. The number of hydrogen-bond donors (Lipinski definition) is 3. The zero-order chi connectivity index (χ0) is 15.4. The van der Waals surface area contributed by atoms with Crippen molar-refractivity contribution in [2.45, 2.75) is 6.92 Å². The minimum absolute atomic E-state index is 0.0408. The Balaban J connectivity index is 2.26. The van der Waals surface area contributed by atoms with E-state index in [1.807, 2.05) is 0 Å². The van der Waals surface area contributed by atoms with Crippen molar-refractivity contribution in [1.29, 1.82) is 0 Å². The molecule has 108 valence electrons. The summed E-state index contributed by atoms with van der Waals surface area (Å²) in [5.74, 6) is -0.660. The first-order chi connectivity index (χ1) is 9.94. The van der Waals surface area contributed by atoms with Gasteiger partial charge in [0.2, 0.25) is 0 Å². The number of carbonyl (C=O) groups is 1. The van der Waals surface area contributed by atoms with Gasteiger partial charge in [-0.25, -0.2) is 0 Å². The average Bonchev–Trinajstić information content (AvgIpc) is 2.38. The number of ether oxygens (including phenoxy) is 1. The van der Waals surface area contributed by atoms with Gasteiger partial charge in [-0.1, -0.05) is 18.2 Å². The normalized spacial score (nSPS) is 10.7. The molecule has 3 N–H and O–H groups in total. The van der Waals surface area contributed by atoms with Gasteiger partial charge < -0.3 is 20.1 Å².